The van der Waals surface area contributed by atoms with Gasteiger partial charge in [0.25, 0.3) is 5.91 Å². The van der Waals surface area contributed by atoms with Crippen molar-refractivity contribution < 1.29 is 36.3 Å². The van der Waals surface area contributed by atoms with E-state index in [1.54, 1.807) is 12.3 Å². The number of anilines is 1. The van der Waals surface area contributed by atoms with Crippen molar-refractivity contribution in [2.24, 2.45) is 0 Å². The van der Waals surface area contributed by atoms with Gasteiger partial charge >= 0.3 is 5.97 Å². The molecule has 1 aromatic heterocycles. The Labute approximate surface area is 222 Å². The molecule has 0 bridgehead atoms. The maximum atomic E-state index is 14.4. The van der Waals surface area contributed by atoms with E-state index in [2.05, 4.69) is 10.3 Å². The molecular formula is C26H26F2N2O6S2. The van der Waals surface area contributed by atoms with E-state index >= 15 is 0 Å². The van der Waals surface area contributed by atoms with Gasteiger partial charge in [0.05, 0.1) is 28.9 Å². The van der Waals surface area contributed by atoms with Crippen LogP contribution in [-0.4, -0.2) is 37.1 Å². The molecule has 1 aliphatic carbocycles. The molecule has 0 aliphatic heterocycles. The smallest absolute Gasteiger partial charge is 0.311 e. The molecule has 2 aromatic carbocycles. The molecule has 8 nitrogen and oxygen atoms in total. The molecule has 1 fully saturated rings. The van der Waals surface area contributed by atoms with E-state index < -0.39 is 44.7 Å². The van der Waals surface area contributed by atoms with E-state index in [9.17, 15) is 26.8 Å². The van der Waals surface area contributed by atoms with Crippen LogP contribution in [0.5, 0.6) is 5.75 Å². The molecule has 38 heavy (non-hydrogen) atoms. The third-order valence-corrected chi connectivity index (χ3v) is 9.13. The van der Waals surface area contributed by atoms with Gasteiger partial charge in [-0.1, -0.05) is 25.0 Å². The number of carbonyl (C=O) groups excluding carboxylic acids is 2. The molecule has 202 valence electrons. The third-order valence-electron chi connectivity index (χ3n) is 6.04. The molecule has 4 rings (SSSR count). The molecule has 12 heteroatoms. The van der Waals surface area contributed by atoms with Gasteiger partial charge in [0.1, 0.15) is 5.82 Å². The number of amides is 1. The third kappa shape index (κ3) is 6.54. The highest BCUT2D eigenvalue weighted by Gasteiger charge is 2.31. The zero-order valence-electron chi connectivity index (χ0n) is 20.5. The average Bonchev–Trinajstić information content (AvgIpc) is 3.57. The van der Waals surface area contributed by atoms with Gasteiger partial charge in [-0.25, -0.2) is 22.2 Å². The first-order chi connectivity index (χ1) is 18.2. The van der Waals surface area contributed by atoms with Crippen LogP contribution in [-0.2, 0) is 30.6 Å². The molecule has 1 heterocycles. The Morgan fingerprint density at radius 2 is 1.84 bits per heavy atom. The number of halogens is 2. The lowest BCUT2D eigenvalue weighted by Crippen LogP contribution is -2.26. The molecule has 0 saturated heterocycles. The minimum Gasteiger partial charge on any atom is -0.473 e. The fourth-order valence-electron chi connectivity index (χ4n) is 4.17. The first kappa shape index (κ1) is 27.6. The SMILES string of the molecule is CCOC(=O)Cc1csc(NC(=O)C(Oc2ccc(F)cc2F)c2ccc(S(=O)(=O)C3CCCC3)cc2)n1. The molecular weight excluding hydrogens is 538 g/mol. The van der Waals surface area contributed by atoms with Gasteiger partial charge in [0.2, 0.25) is 6.10 Å². The van der Waals surface area contributed by atoms with Gasteiger partial charge in [-0.05, 0) is 44.0 Å². The number of esters is 1. The number of nitrogens with one attached hydrogen (secondary N) is 1. The number of carbonyl (C=O) groups is 2. The van der Waals surface area contributed by atoms with E-state index in [0.29, 0.717) is 24.6 Å². The van der Waals surface area contributed by atoms with Crippen molar-refractivity contribution in [3.63, 3.8) is 0 Å². The van der Waals surface area contributed by atoms with Gasteiger partial charge in [-0.2, -0.15) is 0 Å². The van der Waals surface area contributed by atoms with E-state index in [-0.39, 0.29) is 34.4 Å². The molecule has 1 aliphatic rings. The maximum Gasteiger partial charge on any atom is 0.311 e. The summed E-state index contributed by atoms with van der Waals surface area (Å²) in [6, 6.07) is 8.34. The normalized spacial score (nSPS) is 14.7. The summed E-state index contributed by atoms with van der Waals surface area (Å²) < 4.78 is 64.2. The lowest BCUT2D eigenvalue weighted by molar-refractivity contribution is -0.142. The number of benzene rings is 2. The van der Waals surface area contributed by atoms with Gasteiger partial charge in [-0.15, -0.1) is 11.3 Å². The summed E-state index contributed by atoms with van der Waals surface area (Å²) in [5, 5.41) is 3.90. The van der Waals surface area contributed by atoms with Crippen LogP contribution in [0.25, 0.3) is 0 Å². The Bertz CT molecular complexity index is 1400. The van der Waals surface area contributed by atoms with Crippen LogP contribution in [0.3, 0.4) is 0 Å². The Morgan fingerprint density at radius 1 is 1.13 bits per heavy atom. The lowest BCUT2D eigenvalue weighted by atomic mass is 10.1. The monoisotopic (exact) mass is 564 g/mol. The number of thiazole rings is 1. The number of rotatable bonds is 10. The lowest BCUT2D eigenvalue weighted by Gasteiger charge is -2.19. The summed E-state index contributed by atoms with van der Waals surface area (Å²) in [5.74, 6) is -3.37. The number of hydrogen-bond donors (Lipinski definition) is 1. The van der Waals surface area contributed by atoms with Crippen molar-refractivity contribution >= 4 is 38.2 Å². The van der Waals surface area contributed by atoms with Crippen LogP contribution in [0.15, 0.2) is 52.7 Å². The molecule has 1 unspecified atom stereocenters. The fourth-order valence-corrected chi connectivity index (χ4v) is 6.74. The van der Waals surface area contributed by atoms with E-state index in [1.165, 1.54) is 24.3 Å². The molecule has 1 N–H and O–H groups in total. The van der Waals surface area contributed by atoms with Gasteiger partial charge in [0.15, 0.2) is 26.5 Å². The summed E-state index contributed by atoms with van der Waals surface area (Å²) >= 11 is 1.07. The fraction of sp³-hybridized carbons (Fsp3) is 0.346. The standard InChI is InChI=1S/C26H26F2N2O6S2/c1-2-35-23(31)14-18-15-37-26(29-18)30-25(32)24(36-22-12-9-17(27)13-21(22)28)16-7-10-20(11-8-16)38(33,34)19-5-3-4-6-19/h7-13,15,19,24H,2-6,14H2,1H3,(H,29,30,32). The zero-order valence-corrected chi connectivity index (χ0v) is 22.1. The Kier molecular flexibility index (Phi) is 8.72. The zero-order chi connectivity index (χ0) is 27.3. The van der Waals surface area contributed by atoms with Crippen molar-refractivity contribution in [3.05, 3.63) is 70.7 Å². The number of aromatic nitrogens is 1. The number of hydrogen-bond acceptors (Lipinski definition) is 8. The Morgan fingerprint density at radius 3 is 2.50 bits per heavy atom. The molecule has 1 saturated carbocycles. The summed E-state index contributed by atoms with van der Waals surface area (Å²) in [6.07, 6.45) is 1.44. The van der Waals surface area contributed by atoms with Crippen molar-refractivity contribution in [1.82, 2.24) is 4.98 Å². The average molecular weight is 565 g/mol. The highest BCUT2D eigenvalue weighted by atomic mass is 32.2. The molecule has 3 aromatic rings. The Hall–Kier alpha value is -3.38. The number of sulfone groups is 1. The van der Waals surface area contributed by atoms with Crippen LogP contribution in [0.2, 0.25) is 0 Å². The van der Waals surface area contributed by atoms with Crippen LogP contribution < -0.4 is 10.1 Å². The molecule has 1 atom stereocenters. The molecule has 0 spiro atoms. The summed E-state index contributed by atoms with van der Waals surface area (Å²) in [5.41, 5.74) is 0.646. The highest BCUT2D eigenvalue weighted by molar-refractivity contribution is 7.92. The van der Waals surface area contributed by atoms with Gasteiger partial charge < -0.3 is 9.47 Å². The number of ether oxygens (including phenoxy) is 2. The number of nitrogens with zero attached hydrogens (tertiary/aromatic N) is 1. The molecule has 0 radical (unpaired) electrons. The first-order valence-corrected chi connectivity index (χ1v) is 14.5. The summed E-state index contributed by atoms with van der Waals surface area (Å²) in [7, 11) is -3.52. The Balaban J connectivity index is 1.58. The molecule has 1 amide bonds. The van der Waals surface area contributed by atoms with Crippen molar-refractivity contribution in [1.29, 1.82) is 0 Å². The largest absolute Gasteiger partial charge is 0.473 e. The van der Waals surface area contributed by atoms with E-state index in [0.717, 1.165) is 36.3 Å². The predicted molar refractivity (Wildman–Crippen MR) is 137 cm³/mol. The quantitative estimate of drug-likeness (QED) is 0.345. The van der Waals surface area contributed by atoms with Crippen LogP contribution in [0, 0.1) is 11.6 Å². The minimum absolute atomic E-state index is 0.0716. The van der Waals surface area contributed by atoms with Crippen molar-refractivity contribution in [2.45, 2.75) is 55.3 Å². The summed E-state index contributed by atoms with van der Waals surface area (Å²) in [4.78, 5) is 29.3. The minimum atomic E-state index is -3.52. The van der Waals surface area contributed by atoms with Crippen molar-refractivity contribution in [3.8, 4) is 5.75 Å². The summed E-state index contributed by atoms with van der Waals surface area (Å²) in [6.45, 7) is 1.91. The van der Waals surface area contributed by atoms with Gasteiger partial charge in [-0.3, -0.25) is 14.9 Å². The predicted octanol–water partition coefficient (Wildman–Crippen LogP) is 5.00. The topological polar surface area (TPSA) is 112 Å². The van der Waals surface area contributed by atoms with Gasteiger partial charge in [0, 0.05) is 17.0 Å². The second kappa shape index (κ2) is 12.0. The van der Waals surface area contributed by atoms with E-state index in [1.807, 2.05) is 0 Å². The van der Waals surface area contributed by atoms with Crippen LogP contribution in [0.1, 0.15) is 50.0 Å². The maximum absolute atomic E-state index is 14.4. The highest BCUT2D eigenvalue weighted by Crippen LogP contribution is 2.32. The van der Waals surface area contributed by atoms with Crippen LogP contribution >= 0.6 is 11.3 Å². The van der Waals surface area contributed by atoms with Crippen molar-refractivity contribution in [2.75, 3.05) is 11.9 Å². The second-order valence-corrected chi connectivity index (χ2v) is 11.8. The van der Waals surface area contributed by atoms with Crippen LogP contribution in [0.4, 0.5) is 13.9 Å². The van der Waals surface area contributed by atoms with E-state index in [4.69, 9.17) is 9.47 Å². The second-order valence-electron chi connectivity index (χ2n) is 8.71. The first-order valence-electron chi connectivity index (χ1n) is 12.0.